The Balaban J connectivity index is 1.86. The van der Waals surface area contributed by atoms with Gasteiger partial charge in [-0.1, -0.05) is 12.1 Å². The average Bonchev–Trinajstić information content (AvgIpc) is 2.47. The van der Waals surface area contributed by atoms with Crippen LogP contribution in [0, 0.1) is 0 Å². The van der Waals surface area contributed by atoms with Crippen LogP contribution in [0.3, 0.4) is 0 Å². The average molecular weight is 269 g/mol. The number of hydrogen-bond donors (Lipinski definition) is 2. The van der Waals surface area contributed by atoms with E-state index in [2.05, 4.69) is 15.6 Å². The molecule has 0 aliphatic heterocycles. The highest BCUT2D eigenvalue weighted by atomic mass is 16.1. The lowest BCUT2D eigenvalue weighted by Gasteiger charge is -2.07. The van der Waals surface area contributed by atoms with E-state index in [0.717, 1.165) is 29.8 Å². The molecule has 0 bridgehead atoms. The summed E-state index contributed by atoms with van der Waals surface area (Å²) >= 11 is 0. The molecular weight excluding hydrogens is 250 g/mol. The van der Waals surface area contributed by atoms with Crippen molar-refractivity contribution in [2.75, 3.05) is 12.4 Å². The Hall–Kier alpha value is -2.20. The fraction of sp³-hybridized carbons (Fsp3) is 0.250. The summed E-state index contributed by atoms with van der Waals surface area (Å²) in [4.78, 5) is 15.9. The number of rotatable bonds is 6. The number of pyridine rings is 1. The number of benzene rings is 1. The zero-order valence-electron chi connectivity index (χ0n) is 11.6. The number of nitrogens with one attached hydrogen (secondary N) is 2. The third-order valence-corrected chi connectivity index (χ3v) is 2.98. The number of anilines is 1. The first-order chi connectivity index (χ1) is 9.78. The van der Waals surface area contributed by atoms with Gasteiger partial charge in [0.15, 0.2) is 0 Å². The summed E-state index contributed by atoms with van der Waals surface area (Å²) in [6.07, 6.45) is 4.69. The van der Waals surface area contributed by atoms with Crippen molar-refractivity contribution in [2.45, 2.75) is 19.4 Å². The molecule has 0 atom stereocenters. The smallest absolute Gasteiger partial charge is 0.224 e. The molecule has 2 rings (SSSR count). The normalized spacial score (nSPS) is 10.2. The summed E-state index contributed by atoms with van der Waals surface area (Å²) < 4.78 is 0. The molecule has 104 valence electrons. The van der Waals surface area contributed by atoms with E-state index in [9.17, 15) is 4.79 Å². The third-order valence-electron chi connectivity index (χ3n) is 2.98. The number of hydrogen-bond acceptors (Lipinski definition) is 3. The highest BCUT2D eigenvalue weighted by molar-refractivity contribution is 5.90. The van der Waals surface area contributed by atoms with Gasteiger partial charge in [0, 0.05) is 31.0 Å². The van der Waals surface area contributed by atoms with Crippen LogP contribution < -0.4 is 10.6 Å². The summed E-state index contributed by atoms with van der Waals surface area (Å²) in [6.45, 7) is 0.792. The van der Waals surface area contributed by atoms with Crippen LogP contribution in [0.4, 0.5) is 5.69 Å². The van der Waals surface area contributed by atoms with Crippen LogP contribution in [-0.4, -0.2) is 17.9 Å². The van der Waals surface area contributed by atoms with Crippen molar-refractivity contribution in [3.63, 3.8) is 0 Å². The maximum atomic E-state index is 11.9. The van der Waals surface area contributed by atoms with Gasteiger partial charge in [-0.15, -0.1) is 0 Å². The SMILES string of the molecule is CNCc1cccc(NC(=O)CCc2ccncc2)c1. The second kappa shape index (κ2) is 7.40. The van der Waals surface area contributed by atoms with Gasteiger partial charge in [0.1, 0.15) is 0 Å². The monoisotopic (exact) mass is 269 g/mol. The zero-order chi connectivity index (χ0) is 14.2. The molecule has 0 radical (unpaired) electrons. The van der Waals surface area contributed by atoms with Crippen LogP contribution in [0.1, 0.15) is 17.5 Å². The van der Waals surface area contributed by atoms with Crippen molar-refractivity contribution in [3.05, 3.63) is 59.9 Å². The lowest BCUT2D eigenvalue weighted by Crippen LogP contribution is -2.13. The largest absolute Gasteiger partial charge is 0.326 e. The van der Waals surface area contributed by atoms with Crippen LogP contribution in [0.2, 0.25) is 0 Å². The summed E-state index contributed by atoms with van der Waals surface area (Å²) in [7, 11) is 1.90. The maximum Gasteiger partial charge on any atom is 0.224 e. The fourth-order valence-electron chi connectivity index (χ4n) is 1.99. The molecule has 1 aromatic carbocycles. The molecule has 0 saturated carbocycles. The Labute approximate surface area is 119 Å². The van der Waals surface area contributed by atoms with Gasteiger partial charge in [0.05, 0.1) is 0 Å². The fourth-order valence-corrected chi connectivity index (χ4v) is 1.99. The van der Waals surface area contributed by atoms with E-state index in [1.807, 2.05) is 43.4 Å². The molecule has 0 aliphatic carbocycles. The van der Waals surface area contributed by atoms with Gasteiger partial charge in [-0.05, 0) is 48.9 Å². The zero-order valence-corrected chi connectivity index (χ0v) is 11.6. The molecule has 2 N–H and O–H groups in total. The topological polar surface area (TPSA) is 54.0 Å². The summed E-state index contributed by atoms with van der Waals surface area (Å²) in [6, 6.07) is 11.7. The van der Waals surface area contributed by atoms with Crippen molar-refractivity contribution in [2.24, 2.45) is 0 Å². The molecule has 20 heavy (non-hydrogen) atoms. The Morgan fingerprint density at radius 2 is 1.95 bits per heavy atom. The van der Waals surface area contributed by atoms with Gasteiger partial charge in [0.2, 0.25) is 5.91 Å². The molecule has 0 saturated heterocycles. The van der Waals surface area contributed by atoms with Crippen molar-refractivity contribution in [3.8, 4) is 0 Å². The van der Waals surface area contributed by atoms with E-state index >= 15 is 0 Å². The molecular formula is C16H19N3O. The summed E-state index contributed by atoms with van der Waals surface area (Å²) in [5, 5.41) is 6.02. The Kier molecular flexibility index (Phi) is 5.26. The first-order valence-electron chi connectivity index (χ1n) is 6.70. The second-order valence-electron chi connectivity index (χ2n) is 4.63. The van der Waals surface area contributed by atoms with E-state index in [-0.39, 0.29) is 5.91 Å². The van der Waals surface area contributed by atoms with Crippen molar-refractivity contribution in [1.82, 2.24) is 10.3 Å². The lowest BCUT2D eigenvalue weighted by molar-refractivity contribution is -0.116. The molecule has 0 aliphatic rings. The predicted octanol–water partition coefficient (Wildman–Crippen LogP) is 2.37. The summed E-state index contributed by atoms with van der Waals surface area (Å²) in [5.41, 5.74) is 3.12. The number of nitrogens with zero attached hydrogens (tertiary/aromatic N) is 1. The molecule has 1 heterocycles. The molecule has 4 nitrogen and oxygen atoms in total. The van der Waals surface area contributed by atoms with Gasteiger partial charge < -0.3 is 10.6 Å². The standard InChI is InChI=1S/C16H19N3O/c1-17-12-14-3-2-4-15(11-14)19-16(20)6-5-13-7-9-18-10-8-13/h2-4,7-11,17H,5-6,12H2,1H3,(H,19,20). The van der Waals surface area contributed by atoms with Gasteiger partial charge >= 0.3 is 0 Å². The minimum atomic E-state index is 0.0309. The van der Waals surface area contributed by atoms with Gasteiger partial charge in [-0.25, -0.2) is 0 Å². The van der Waals surface area contributed by atoms with Crippen LogP contribution >= 0.6 is 0 Å². The third kappa shape index (κ3) is 4.48. The molecule has 1 aromatic heterocycles. The van der Waals surface area contributed by atoms with E-state index in [0.29, 0.717) is 6.42 Å². The Morgan fingerprint density at radius 3 is 2.70 bits per heavy atom. The number of aryl methyl sites for hydroxylation is 1. The van der Waals surface area contributed by atoms with Gasteiger partial charge in [-0.2, -0.15) is 0 Å². The highest BCUT2D eigenvalue weighted by Gasteiger charge is 2.03. The summed E-state index contributed by atoms with van der Waals surface area (Å²) in [5.74, 6) is 0.0309. The first-order valence-corrected chi connectivity index (χ1v) is 6.70. The van der Waals surface area contributed by atoms with Crippen LogP contribution in [0.5, 0.6) is 0 Å². The number of carbonyl (C=O) groups is 1. The van der Waals surface area contributed by atoms with E-state index in [4.69, 9.17) is 0 Å². The first kappa shape index (κ1) is 14.2. The number of carbonyl (C=O) groups excluding carboxylic acids is 1. The van der Waals surface area contributed by atoms with Gasteiger partial charge in [0.25, 0.3) is 0 Å². The van der Waals surface area contributed by atoms with Crippen LogP contribution in [0.25, 0.3) is 0 Å². The quantitative estimate of drug-likeness (QED) is 0.846. The number of aromatic nitrogens is 1. The molecule has 0 spiro atoms. The Morgan fingerprint density at radius 1 is 1.15 bits per heavy atom. The van der Waals surface area contributed by atoms with Crippen molar-refractivity contribution in [1.29, 1.82) is 0 Å². The van der Waals surface area contributed by atoms with E-state index < -0.39 is 0 Å². The second-order valence-corrected chi connectivity index (χ2v) is 4.63. The predicted molar refractivity (Wildman–Crippen MR) is 80.4 cm³/mol. The molecule has 2 aromatic rings. The van der Waals surface area contributed by atoms with Crippen molar-refractivity contribution < 1.29 is 4.79 Å². The van der Waals surface area contributed by atoms with E-state index in [1.54, 1.807) is 12.4 Å². The van der Waals surface area contributed by atoms with E-state index in [1.165, 1.54) is 0 Å². The number of amides is 1. The molecule has 0 fully saturated rings. The Bertz CT molecular complexity index is 555. The maximum absolute atomic E-state index is 11.9. The van der Waals surface area contributed by atoms with Crippen LogP contribution in [-0.2, 0) is 17.8 Å². The molecule has 4 heteroatoms. The lowest BCUT2D eigenvalue weighted by atomic mass is 10.1. The minimum absolute atomic E-state index is 0.0309. The van der Waals surface area contributed by atoms with Crippen LogP contribution in [0.15, 0.2) is 48.8 Å². The van der Waals surface area contributed by atoms with Gasteiger partial charge in [-0.3, -0.25) is 9.78 Å². The minimum Gasteiger partial charge on any atom is -0.326 e. The highest BCUT2D eigenvalue weighted by Crippen LogP contribution is 2.11. The van der Waals surface area contributed by atoms with Crippen molar-refractivity contribution >= 4 is 11.6 Å². The molecule has 0 unspecified atom stereocenters. The molecule has 1 amide bonds.